The highest BCUT2D eigenvalue weighted by molar-refractivity contribution is 4.72. The van der Waals surface area contributed by atoms with Crippen LogP contribution in [0.5, 0.6) is 0 Å². The van der Waals surface area contributed by atoms with Crippen molar-refractivity contribution in [1.29, 1.82) is 0 Å². The fraction of sp³-hybridized carbons (Fsp3) is 1.00. The number of piperidine rings is 1. The van der Waals surface area contributed by atoms with Crippen molar-refractivity contribution in [3.05, 3.63) is 0 Å². The summed E-state index contributed by atoms with van der Waals surface area (Å²) in [4.78, 5) is 0. The average molecular weight is 381 g/mol. The van der Waals surface area contributed by atoms with Gasteiger partial charge in [0.15, 0.2) is 0 Å². The first-order chi connectivity index (χ1) is 13.2. The van der Waals surface area contributed by atoms with Crippen molar-refractivity contribution >= 4 is 0 Å². The highest BCUT2D eigenvalue weighted by atomic mass is 15.5. The van der Waals surface area contributed by atoms with Gasteiger partial charge in [-0.15, -0.1) is 0 Å². The molecule has 162 valence electrons. The topological polar surface area (TPSA) is 15.3 Å². The van der Waals surface area contributed by atoms with Gasteiger partial charge in [0, 0.05) is 19.6 Å². The molecule has 1 aliphatic heterocycles. The van der Waals surface area contributed by atoms with E-state index in [1.807, 2.05) is 0 Å². The van der Waals surface area contributed by atoms with E-state index in [9.17, 15) is 0 Å². The normalized spacial score (nSPS) is 21.0. The zero-order valence-electron chi connectivity index (χ0n) is 19.2. The van der Waals surface area contributed by atoms with E-state index in [-0.39, 0.29) is 0 Å². The van der Waals surface area contributed by atoms with Crippen molar-refractivity contribution in [3.63, 3.8) is 0 Å². The monoisotopic (exact) mass is 380 g/mol. The van der Waals surface area contributed by atoms with Crippen molar-refractivity contribution in [3.8, 4) is 0 Å². The van der Waals surface area contributed by atoms with Crippen LogP contribution in [0, 0.1) is 11.8 Å². The summed E-state index contributed by atoms with van der Waals surface area (Å²) in [6.07, 6.45) is 24.6. The fourth-order valence-corrected chi connectivity index (χ4v) is 4.70. The van der Waals surface area contributed by atoms with Crippen molar-refractivity contribution < 1.29 is 0 Å². The van der Waals surface area contributed by atoms with Crippen LogP contribution in [-0.4, -0.2) is 24.6 Å². The van der Waals surface area contributed by atoms with Gasteiger partial charge in [0.2, 0.25) is 0 Å². The van der Waals surface area contributed by atoms with E-state index in [0.29, 0.717) is 0 Å². The number of unbranched alkanes of at least 4 members (excludes halogenated alkanes) is 15. The maximum Gasteiger partial charge on any atom is 0.0156 e. The van der Waals surface area contributed by atoms with Gasteiger partial charge in [-0.1, -0.05) is 117 Å². The molecular weight excluding hydrogens is 328 g/mol. The lowest BCUT2D eigenvalue weighted by atomic mass is 9.93. The number of nitrogens with zero attached hydrogens (tertiary/aromatic N) is 1. The van der Waals surface area contributed by atoms with E-state index in [4.69, 9.17) is 0 Å². The Hall–Kier alpha value is -0.0800. The number of rotatable bonds is 18. The summed E-state index contributed by atoms with van der Waals surface area (Å²) in [6.45, 7) is 10.7. The van der Waals surface area contributed by atoms with E-state index in [2.05, 4.69) is 31.2 Å². The molecule has 0 spiro atoms. The summed E-state index contributed by atoms with van der Waals surface area (Å²) in [7, 11) is 0. The molecule has 1 aliphatic rings. The Kier molecular flexibility index (Phi) is 16.6. The summed E-state index contributed by atoms with van der Waals surface area (Å²) in [5.74, 6) is 1.71. The average Bonchev–Trinajstić information content (AvgIpc) is 2.63. The van der Waals surface area contributed by atoms with Crippen molar-refractivity contribution in [2.24, 2.45) is 11.8 Å². The smallest absolute Gasteiger partial charge is 0.0156 e. The van der Waals surface area contributed by atoms with Gasteiger partial charge in [0.25, 0.3) is 0 Å². The Bertz CT molecular complexity index is 295. The van der Waals surface area contributed by atoms with Crippen LogP contribution in [0.4, 0.5) is 0 Å². The van der Waals surface area contributed by atoms with Gasteiger partial charge in [-0.3, -0.25) is 5.43 Å². The number of hydrazine groups is 1. The van der Waals surface area contributed by atoms with Crippen LogP contribution in [0.3, 0.4) is 0 Å². The highest BCUT2D eigenvalue weighted by Gasteiger charge is 2.20. The number of hydrogen-bond donors (Lipinski definition) is 1. The third-order valence-corrected chi connectivity index (χ3v) is 6.23. The lowest BCUT2D eigenvalue weighted by molar-refractivity contribution is 0.0875. The summed E-state index contributed by atoms with van der Waals surface area (Å²) < 4.78 is 0. The molecule has 0 aromatic heterocycles. The third kappa shape index (κ3) is 15.5. The lowest BCUT2D eigenvalue weighted by Gasteiger charge is -2.35. The molecule has 2 heteroatoms. The highest BCUT2D eigenvalue weighted by Crippen LogP contribution is 2.19. The van der Waals surface area contributed by atoms with Crippen LogP contribution in [-0.2, 0) is 0 Å². The molecule has 2 nitrogen and oxygen atoms in total. The molecule has 1 fully saturated rings. The van der Waals surface area contributed by atoms with Gasteiger partial charge in [0.1, 0.15) is 0 Å². The zero-order chi connectivity index (χ0) is 19.6. The predicted molar refractivity (Wildman–Crippen MR) is 122 cm³/mol. The Morgan fingerprint density at radius 2 is 0.963 bits per heavy atom. The van der Waals surface area contributed by atoms with Crippen LogP contribution in [0.1, 0.15) is 130 Å². The maximum atomic E-state index is 3.67. The SMILES string of the molecule is CCCCCCCCCCCCCCCCCCNN1CC(C)CC(C)C1. The summed E-state index contributed by atoms with van der Waals surface area (Å²) >= 11 is 0. The van der Waals surface area contributed by atoms with Gasteiger partial charge in [-0.25, -0.2) is 5.01 Å². The molecule has 0 radical (unpaired) electrons. The summed E-state index contributed by atoms with van der Waals surface area (Å²) in [5, 5.41) is 2.48. The Labute approximate surface area is 172 Å². The number of nitrogens with one attached hydrogen (secondary N) is 1. The van der Waals surface area contributed by atoms with Gasteiger partial charge in [0.05, 0.1) is 0 Å². The largest absolute Gasteiger partial charge is 0.255 e. The van der Waals surface area contributed by atoms with Crippen molar-refractivity contribution in [2.45, 2.75) is 130 Å². The van der Waals surface area contributed by atoms with Crippen LogP contribution in [0.15, 0.2) is 0 Å². The minimum atomic E-state index is 0.854. The maximum absolute atomic E-state index is 3.67. The Balaban J connectivity index is 1.72. The molecule has 1 rings (SSSR count). The molecule has 0 saturated carbocycles. The summed E-state index contributed by atoms with van der Waals surface area (Å²) in [5.41, 5.74) is 3.67. The molecule has 27 heavy (non-hydrogen) atoms. The van der Waals surface area contributed by atoms with E-state index in [0.717, 1.165) is 11.8 Å². The van der Waals surface area contributed by atoms with Crippen LogP contribution < -0.4 is 5.43 Å². The van der Waals surface area contributed by atoms with Gasteiger partial charge in [-0.2, -0.15) is 0 Å². The van der Waals surface area contributed by atoms with E-state index < -0.39 is 0 Å². The molecule has 1 heterocycles. The molecule has 1 saturated heterocycles. The van der Waals surface area contributed by atoms with Crippen LogP contribution in [0.25, 0.3) is 0 Å². The minimum Gasteiger partial charge on any atom is -0.255 e. The lowest BCUT2D eigenvalue weighted by Crippen LogP contribution is -2.47. The van der Waals surface area contributed by atoms with Gasteiger partial charge >= 0.3 is 0 Å². The Morgan fingerprint density at radius 3 is 1.37 bits per heavy atom. The van der Waals surface area contributed by atoms with E-state index in [1.165, 1.54) is 129 Å². The third-order valence-electron chi connectivity index (χ3n) is 6.23. The second-order valence-electron chi connectivity index (χ2n) is 9.56. The molecule has 0 aromatic rings. The van der Waals surface area contributed by atoms with E-state index >= 15 is 0 Å². The minimum absolute atomic E-state index is 0.854. The molecule has 1 N–H and O–H groups in total. The molecule has 0 aromatic carbocycles. The Morgan fingerprint density at radius 1 is 0.593 bits per heavy atom. The van der Waals surface area contributed by atoms with Crippen LogP contribution in [0.2, 0.25) is 0 Å². The van der Waals surface area contributed by atoms with Crippen molar-refractivity contribution in [2.75, 3.05) is 19.6 Å². The number of hydrogen-bond acceptors (Lipinski definition) is 2. The van der Waals surface area contributed by atoms with Crippen molar-refractivity contribution in [1.82, 2.24) is 10.4 Å². The first-order valence-corrected chi connectivity index (χ1v) is 12.7. The fourth-order valence-electron chi connectivity index (χ4n) is 4.70. The molecule has 0 aliphatic carbocycles. The van der Waals surface area contributed by atoms with Gasteiger partial charge in [-0.05, 0) is 24.7 Å². The molecular formula is C25H52N2. The molecule has 0 bridgehead atoms. The van der Waals surface area contributed by atoms with Crippen LogP contribution >= 0.6 is 0 Å². The zero-order valence-corrected chi connectivity index (χ0v) is 19.2. The molecule has 0 amide bonds. The van der Waals surface area contributed by atoms with E-state index in [1.54, 1.807) is 0 Å². The quantitative estimate of drug-likeness (QED) is 0.245. The first-order valence-electron chi connectivity index (χ1n) is 12.7. The van der Waals surface area contributed by atoms with Gasteiger partial charge < -0.3 is 0 Å². The molecule has 2 atom stereocenters. The predicted octanol–water partition coefficient (Wildman–Crippen LogP) is 7.73. The standard InChI is InChI=1S/C25H52N2/c1-4-5-6-7-8-9-10-11-12-13-14-15-16-17-18-19-20-26-27-22-24(2)21-25(3)23-27/h24-26H,4-23H2,1-3H3. The summed E-state index contributed by atoms with van der Waals surface area (Å²) in [6, 6.07) is 0. The molecule has 2 unspecified atom stereocenters. The second kappa shape index (κ2) is 18.0. The second-order valence-corrected chi connectivity index (χ2v) is 9.56. The first kappa shape index (κ1) is 25.0.